The lowest BCUT2D eigenvalue weighted by atomic mass is 10.1. The number of hydrogen-bond acceptors (Lipinski definition) is 9. The molecule has 1 fully saturated rings. The Labute approximate surface area is 220 Å². The third-order valence-electron chi connectivity index (χ3n) is 6.13. The highest BCUT2D eigenvalue weighted by molar-refractivity contribution is 9.10. The van der Waals surface area contributed by atoms with Gasteiger partial charge >= 0.3 is 0 Å². The fourth-order valence-electron chi connectivity index (χ4n) is 4.35. The normalized spacial score (nSPS) is 16.3. The molecule has 0 saturated carbocycles. The van der Waals surface area contributed by atoms with Crippen molar-refractivity contribution in [2.45, 2.75) is 19.5 Å². The molecule has 4 aromatic rings. The van der Waals surface area contributed by atoms with Crippen LogP contribution in [0.2, 0.25) is 0 Å². The van der Waals surface area contributed by atoms with Crippen molar-refractivity contribution >= 4 is 54.3 Å². The number of fused-ring (bicyclic) bond motifs is 1. The second-order valence-electron chi connectivity index (χ2n) is 8.80. The first-order valence-electron chi connectivity index (χ1n) is 11.4. The Hall–Kier alpha value is -3.36. The molecular weight excluding hydrogens is 567 g/mol. The summed E-state index contributed by atoms with van der Waals surface area (Å²) in [4.78, 5) is 27.9. The van der Waals surface area contributed by atoms with Crippen LogP contribution in [0, 0.1) is 5.82 Å². The fraction of sp³-hybridized carbons (Fsp3) is 0.304. The highest BCUT2D eigenvalue weighted by Crippen LogP contribution is 2.27. The molecule has 1 unspecified atom stereocenters. The van der Waals surface area contributed by atoms with Gasteiger partial charge in [-0.2, -0.15) is 4.98 Å². The molecular formula is C23H24BrFN8O3S. The number of nitrogens with one attached hydrogen (secondary N) is 2. The Bertz CT molecular complexity index is 1660. The summed E-state index contributed by atoms with van der Waals surface area (Å²) in [5.41, 5.74) is 0.822. The van der Waals surface area contributed by atoms with E-state index in [9.17, 15) is 13.2 Å². The molecule has 194 valence electrons. The topological polar surface area (TPSA) is 127 Å². The van der Waals surface area contributed by atoms with Gasteiger partial charge in [-0.3, -0.25) is 9.36 Å². The van der Waals surface area contributed by atoms with Gasteiger partial charge in [-0.05, 0) is 47.1 Å². The van der Waals surface area contributed by atoms with Crippen LogP contribution in [0.3, 0.4) is 0 Å². The van der Waals surface area contributed by atoms with E-state index >= 15 is 4.39 Å². The molecule has 0 amide bonds. The van der Waals surface area contributed by atoms with E-state index in [1.54, 1.807) is 18.2 Å². The summed E-state index contributed by atoms with van der Waals surface area (Å²) in [5, 5.41) is 6.84. The van der Waals surface area contributed by atoms with Gasteiger partial charge in [-0.25, -0.2) is 26.7 Å². The Morgan fingerprint density at radius 2 is 2.08 bits per heavy atom. The standard InChI is InChI=1S/C23H24BrFN8O3S/c1-14-11-26-5-7-31(14)19-4-3-16(10-18(19)25)29-23-28-12-15-9-17(24)22(34)32(21(15)30-23)13-20-27-6-8-33(20)37(2,35)36/h3-4,6,8-10,12,14,26H,5,7,11,13H2,1-2H3,(H,28,29,30). The van der Waals surface area contributed by atoms with Crippen LogP contribution in [0.25, 0.3) is 11.0 Å². The third-order valence-corrected chi connectivity index (χ3v) is 7.75. The molecule has 1 aromatic carbocycles. The monoisotopic (exact) mass is 590 g/mol. The maximum Gasteiger partial charge on any atom is 0.266 e. The van der Waals surface area contributed by atoms with Crippen LogP contribution in [0.1, 0.15) is 12.7 Å². The number of hydrogen-bond donors (Lipinski definition) is 2. The van der Waals surface area contributed by atoms with Crippen LogP contribution in [-0.4, -0.2) is 63.8 Å². The van der Waals surface area contributed by atoms with Crippen molar-refractivity contribution in [2.75, 3.05) is 36.1 Å². The van der Waals surface area contributed by atoms with Crippen molar-refractivity contribution in [2.24, 2.45) is 0 Å². The molecule has 11 nitrogen and oxygen atoms in total. The molecule has 2 N–H and O–H groups in total. The Kier molecular flexibility index (Phi) is 6.72. The van der Waals surface area contributed by atoms with Gasteiger partial charge in [0.2, 0.25) is 16.0 Å². The molecule has 1 atom stereocenters. The van der Waals surface area contributed by atoms with E-state index in [1.807, 2.05) is 11.8 Å². The average molecular weight is 591 g/mol. The Morgan fingerprint density at radius 3 is 2.81 bits per heavy atom. The number of benzene rings is 1. The molecule has 37 heavy (non-hydrogen) atoms. The third kappa shape index (κ3) is 5.08. The molecule has 4 heterocycles. The molecule has 0 aliphatic carbocycles. The first kappa shape index (κ1) is 25.3. The van der Waals surface area contributed by atoms with E-state index in [0.717, 1.165) is 23.3 Å². The van der Waals surface area contributed by atoms with Crippen LogP contribution in [0.15, 0.2) is 52.1 Å². The van der Waals surface area contributed by atoms with Gasteiger partial charge in [0.25, 0.3) is 5.56 Å². The molecule has 0 bridgehead atoms. The lowest BCUT2D eigenvalue weighted by Crippen LogP contribution is -2.50. The minimum atomic E-state index is -3.62. The highest BCUT2D eigenvalue weighted by Gasteiger charge is 2.21. The zero-order valence-electron chi connectivity index (χ0n) is 20.0. The lowest BCUT2D eigenvalue weighted by molar-refractivity contribution is 0.491. The van der Waals surface area contributed by atoms with Crippen LogP contribution < -0.4 is 21.1 Å². The predicted molar refractivity (Wildman–Crippen MR) is 142 cm³/mol. The number of aromatic nitrogens is 5. The van der Waals surface area contributed by atoms with Gasteiger partial charge in [-0.1, -0.05) is 0 Å². The first-order valence-corrected chi connectivity index (χ1v) is 14.1. The maximum atomic E-state index is 15.0. The van der Waals surface area contributed by atoms with Crippen LogP contribution in [0.4, 0.5) is 21.7 Å². The van der Waals surface area contributed by atoms with E-state index < -0.39 is 15.6 Å². The van der Waals surface area contributed by atoms with Gasteiger partial charge in [0.05, 0.1) is 23.0 Å². The largest absolute Gasteiger partial charge is 0.364 e. The second kappa shape index (κ2) is 9.84. The van der Waals surface area contributed by atoms with Gasteiger partial charge in [-0.15, -0.1) is 0 Å². The van der Waals surface area contributed by atoms with Crippen molar-refractivity contribution in [3.8, 4) is 0 Å². The molecule has 1 aliphatic heterocycles. The molecule has 3 aromatic heterocycles. The van der Waals surface area contributed by atoms with Crippen molar-refractivity contribution in [1.82, 2.24) is 28.8 Å². The second-order valence-corrected chi connectivity index (χ2v) is 11.5. The fourth-order valence-corrected chi connectivity index (χ4v) is 5.58. The Balaban J connectivity index is 1.49. The summed E-state index contributed by atoms with van der Waals surface area (Å²) in [6, 6.07) is 6.61. The highest BCUT2D eigenvalue weighted by atomic mass is 79.9. The summed E-state index contributed by atoms with van der Waals surface area (Å²) in [6.07, 6.45) is 5.25. The number of anilines is 3. The van der Waals surface area contributed by atoms with Crippen molar-refractivity contribution in [1.29, 1.82) is 0 Å². The summed E-state index contributed by atoms with van der Waals surface area (Å²) in [6.45, 7) is 4.19. The average Bonchev–Trinajstić information content (AvgIpc) is 3.32. The van der Waals surface area contributed by atoms with E-state index in [0.29, 0.717) is 23.3 Å². The van der Waals surface area contributed by atoms with Crippen molar-refractivity contribution < 1.29 is 12.8 Å². The number of nitrogens with zero attached hydrogens (tertiary/aromatic N) is 6. The summed E-state index contributed by atoms with van der Waals surface area (Å²) >= 11 is 3.25. The van der Waals surface area contributed by atoms with Gasteiger partial charge in [0, 0.05) is 55.3 Å². The van der Waals surface area contributed by atoms with Gasteiger partial charge in [0.1, 0.15) is 17.3 Å². The SMILES string of the molecule is CC1CNCCN1c1ccc(Nc2ncc3cc(Br)c(=O)n(Cc4nccn4S(C)(=O)=O)c3n2)cc1F. The molecule has 1 aliphatic rings. The van der Waals surface area contributed by atoms with Crippen LogP contribution in [0.5, 0.6) is 0 Å². The number of rotatable bonds is 6. The zero-order valence-corrected chi connectivity index (χ0v) is 22.4. The quantitative estimate of drug-likeness (QED) is 0.347. The van der Waals surface area contributed by atoms with Gasteiger partial charge in [0.15, 0.2) is 0 Å². The smallest absolute Gasteiger partial charge is 0.266 e. The molecule has 1 saturated heterocycles. The van der Waals surface area contributed by atoms with Crippen LogP contribution in [-0.2, 0) is 16.6 Å². The number of piperazine rings is 1. The van der Waals surface area contributed by atoms with E-state index in [-0.39, 0.29) is 40.3 Å². The molecule has 0 spiro atoms. The summed E-state index contributed by atoms with van der Waals surface area (Å²) in [5.74, 6) is -0.0676. The first-order chi connectivity index (χ1) is 17.6. The Morgan fingerprint density at radius 1 is 1.27 bits per heavy atom. The van der Waals surface area contributed by atoms with E-state index in [2.05, 4.69) is 41.5 Å². The van der Waals surface area contributed by atoms with E-state index in [1.165, 1.54) is 29.2 Å². The number of pyridine rings is 1. The molecule has 5 rings (SSSR count). The van der Waals surface area contributed by atoms with E-state index in [4.69, 9.17) is 0 Å². The summed E-state index contributed by atoms with van der Waals surface area (Å²) < 4.78 is 41.8. The van der Waals surface area contributed by atoms with Crippen molar-refractivity contribution in [3.05, 3.63) is 69.3 Å². The zero-order chi connectivity index (χ0) is 26.3. The lowest BCUT2D eigenvalue weighted by Gasteiger charge is -2.36. The number of halogens is 2. The number of imidazole rings is 1. The minimum Gasteiger partial charge on any atom is -0.364 e. The molecule has 14 heteroatoms. The molecule has 0 radical (unpaired) electrons. The van der Waals surface area contributed by atoms with Crippen molar-refractivity contribution in [3.63, 3.8) is 0 Å². The predicted octanol–water partition coefficient (Wildman–Crippen LogP) is 2.29. The van der Waals surface area contributed by atoms with Crippen LogP contribution >= 0.6 is 15.9 Å². The van der Waals surface area contributed by atoms with Gasteiger partial charge < -0.3 is 15.5 Å². The maximum absolute atomic E-state index is 15.0. The summed E-state index contributed by atoms with van der Waals surface area (Å²) in [7, 11) is -3.62. The minimum absolute atomic E-state index is 0.141.